The van der Waals surface area contributed by atoms with Crippen molar-refractivity contribution in [3.05, 3.63) is 71.4 Å². The lowest BCUT2D eigenvalue weighted by Gasteiger charge is -2.41. The Morgan fingerprint density at radius 2 is 1.81 bits per heavy atom. The van der Waals surface area contributed by atoms with Gasteiger partial charge in [0.1, 0.15) is 12.4 Å². The number of carbonyl (C=O) groups is 3. The van der Waals surface area contributed by atoms with Crippen molar-refractivity contribution in [2.24, 2.45) is 0 Å². The van der Waals surface area contributed by atoms with E-state index in [4.69, 9.17) is 9.94 Å². The molecule has 188 valence electrons. The average molecular weight is 509 g/mol. The van der Waals surface area contributed by atoms with E-state index in [2.05, 4.69) is 22.9 Å². The van der Waals surface area contributed by atoms with Gasteiger partial charge in [0.2, 0.25) is 5.91 Å². The fourth-order valence-corrected chi connectivity index (χ4v) is 4.71. The molecule has 10 heteroatoms. The smallest absolute Gasteiger partial charge is 0.278 e. The van der Waals surface area contributed by atoms with Crippen LogP contribution in [0.25, 0.3) is 10.9 Å². The van der Waals surface area contributed by atoms with Crippen molar-refractivity contribution in [3.8, 4) is 5.75 Å². The van der Waals surface area contributed by atoms with Gasteiger partial charge in [-0.05, 0) is 56.2 Å². The molecule has 0 atom stereocenters. The Labute approximate surface area is 214 Å². The van der Waals surface area contributed by atoms with Crippen molar-refractivity contribution in [1.82, 2.24) is 20.7 Å². The van der Waals surface area contributed by atoms with Gasteiger partial charge in [-0.2, -0.15) is 0 Å². The number of pyridine rings is 1. The Kier molecular flexibility index (Phi) is 7.76. The summed E-state index contributed by atoms with van der Waals surface area (Å²) in [4.78, 5) is 42.6. The molecule has 1 fully saturated rings. The van der Waals surface area contributed by atoms with E-state index in [1.807, 2.05) is 37.3 Å². The van der Waals surface area contributed by atoms with Crippen LogP contribution in [0.15, 0.2) is 54.6 Å². The van der Waals surface area contributed by atoms with Crippen LogP contribution in [0.4, 0.5) is 4.79 Å². The average Bonchev–Trinajstić information content (AvgIpc) is 2.87. The number of thiol groups is 1. The third kappa shape index (κ3) is 5.95. The summed E-state index contributed by atoms with van der Waals surface area (Å²) in [5.74, 6) is -0.350. The Hall–Kier alpha value is -3.63. The number of hydrogen-bond donors (Lipinski definition) is 4. The molecule has 3 N–H and O–H groups in total. The number of nitrogens with one attached hydrogen (secondary N) is 2. The summed E-state index contributed by atoms with van der Waals surface area (Å²) in [6.07, 6.45) is 0.613. The van der Waals surface area contributed by atoms with Gasteiger partial charge in [-0.15, -0.1) is 0 Å². The first-order valence-electron chi connectivity index (χ1n) is 11.6. The Morgan fingerprint density at radius 1 is 1.11 bits per heavy atom. The summed E-state index contributed by atoms with van der Waals surface area (Å²) in [7, 11) is 0. The Bertz CT molecular complexity index is 1270. The van der Waals surface area contributed by atoms with Crippen LogP contribution in [0, 0.1) is 6.92 Å². The molecular formula is C26H28N4O5S. The second-order valence-corrected chi connectivity index (χ2v) is 9.35. The quantitative estimate of drug-likeness (QED) is 0.220. The number of hydroxylamine groups is 1. The highest BCUT2D eigenvalue weighted by molar-refractivity contribution is 7.96. The first-order valence-corrected chi connectivity index (χ1v) is 12.0. The molecule has 1 aromatic heterocycles. The van der Waals surface area contributed by atoms with E-state index in [0.29, 0.717) is 43.9 Å². The van der Waals surface area contributed by atoms with Crippen molar-refractivity contribution in [2.45, 2.75) is 38.3 Å². The highest BCUT2D eigenvalue weighted by atomic mass is 32.1. The molecular weight excluding hydrogens is 480 g/mol. The van der Waals surface area contributed by atoms with Crippen LogP contribution < -0.4 is 15.5 Å². The molecule has 0 unspecified atom stereocenters. The zero-order chi connectivity index (χ0) is 25.7. The van der Waals surface area contributed by atoms with Gasteiger partial charge in [0.05, 0.1) is 17.5 Å². The van der Waals surface area contributed by atoms with Gasteiger partial charge in [-0.25, -0.2) is 5.48 Å². The van der Waals surface area contributed by atoms with Gasteiger partial charge in [0.15, 0.2) is 0 Å². The standard InChI is InChI=1S/C26H28N4O5S/c1-17-14-19(21-4-2-3-5-22(21)27-17)16-35-20-8-6-18(7-9-20)24(32)28-26(15-23(31)29-34)10-12-30(13-11-26)25(33)36/h2-9,14,34H,10-13,15-16H2,1H3,(H,28,32)(H,29,31)(H,33,36). The van der Waals surface area contributed by atoms with Crippen LogP contribution in [-0.4, -0.2) is 50.8 Å². The van der Waals surface area contributed by atoms with Gasteiger partial charge < -0.3 is 15.0 Å². The zero-order valence-electron chi connectivity index (χ0n) is 19.9. The molecule has 0 spiro atoms. The minimum Gasteiger partial charge on any atom is -0.489 e. The monoisotopic (exact) mass is 508 g/mol. The lowest BCUT2D eigenvalue weighted by atomic mass is 9.83. The number of amides is 3. The van der Waals surface area contributed by atoms with Crippen LogP contribution >= 0.6 is 12.6 Å². The maximum absolute atomic E-state index is 13.0. The van der Waals surface area contributed by atoms with E-state index in [1.54, 1.807) is 34.6 Å². The molecule has 2 aromatic carbocycles. The van der Waals surface area contributed by atoms with Gasteiger partial charge >= 0.3 is 0 Å². The van der Waals surface area contributed by atoms with Crippen molar-refractivity contribution in [3.63, 3.8) is 0 Å². The molecule has 4 rings (SSSR count). The molecule has 36 heavy (non-hydrogen) atoms. The second kappa shape index (κ2) is 11.0. The summed E-state index contributed by atoms with van der Waals surface area (Å²) in [5, 5.41) is 12.6. The number of nitrogens with zero attached hydrogens (tertiary/aromatic N) is 2. The topological polar surface area (TPSA) is 121 Å². The molecule has 1 aliphatic rings. The summed E-state index contributed by atoms with van der Waals surface area (Å²) < 4.78 is 5.98. The maximum atomic E-state index is 13.0. The number of aryl methyl sites for hydroxylation is 1. The molecule has 2 heterocycles. The predicted molar refractivity (Wildman–Crippen MR) is 137 cm³/mol. The van der Waals surface area contributed by atoms with E-state index in [0.717, 1.165) is 22.2 Å². The Balaban J connectivity index is 1.43. The fourth-order valence-electron chi connectivity index (χ4n) is 4.51. The lowest BCUT2D eigenvalue weighted by Crippen LogP contribution is -2.57. The highest BCUT2D eigenvalue weighted by Crippen LogP contribution is 2.28. The van der Waals surface area contributed by atoms with Crippen molar-refractivity contribution in [1.29, 1.82) is 0 Å². The molecule has 0 saturated carbocycles. The number of fused-ring (bicyclic) bond motifs is 1. The lowest BCUT2D eigenvalue weighted by molar-refractivity contribution is -0.131. The number of rotatable bonds is 7. The maximum Gasteiger partial charge on any atom is 0.278 e. The van der Waals surface area contributed by atoms with E-state index < -0.39 is 11.4 Å². The van der Waals surface area contributed by atoms with Gasteiger partial charge in [0.25, 0.3) is 11.1 Å². The van der Waals surface area contributed by atoms with Gasteiger partial charge in [0, 0.05) is 35.3 Å². The molecule has 3 aromatic rings. The molecule has 1 aliphatic heterocycles. The van der Waals surface area contributed by atoms with Gasteiger partial charge in [-0.3, -0.25) is 24.6 Å². The molecule has 9 nitrogen and oxygen atoms in total. The van der Waals surface area contributed by atoms with Crippen LogP contribution in [0.5, 0.6) is 5.75 Å². The summed E-state index contributed by atoms with van der Waals surface area (Å²) in [6.45, 7) is 2.99. The minimum absolute atomic E-state index is 0.107. The summed E-state index contributed by atoms with van der Waals surface area (Å²) in [6, 6.07) is 16.7. The van der Waals surface area contributed by atoms with E-state index in [9.17, 15) is 14.4 Å². The number of carbonyl (C=O) groups excluding carboxylic acids is 3. The van der Waals surface area contributed by atoms with E-state index in [-0.39, 0.29) is 17.6 Å². The molecule has 0 radical (unpaired) electrons. The normalized spacial score (nSPS) is 14.8. The van der Waals surface area contributed by atoms with E-state index >= 15 is 0 Å². The number of aromatic nitrogens is 1. The number of piperidine rings is 1. The predicted octanol–water partition coefficient (Wildman–Crippen LogP) is 3.63. The van der Waals surface area contributed by atoms with Crippen molar-refractivity contribution in [2.75, 3.05) is 13.1 Å². The first kappa shape index (κ1) is 25.5. The molecule has 3 amide bonds. The number of hydrogen-bond acceptors (Lipinski definition) is 6. The zero-order valence-corrected chi connectivity index (χ0v) is 20.8. The van der Waals surface area contributed by atoms with Crippen LogP contribution in [0.1, 0.15) is 40.9 Å². The highest BCUT2D eigenvalue weighted by Gasteiger charge is 2.38. The molecule has 0 aliphatic carbocycles. The van der Waals surface area contributed by atoms with Crippen molar-refractivity contribution >= 4 is 40.6 Å². The Morgan fingerprint density at radius 3 is 2.47 bits per heavy atom. The van der Waals surface area contributed by atoms with Gasteiger partial charge in [-0.1, -0.05) is 30.8 Å². The third-order valence-electron chi connectivity index (χ3n) is 6.43. The van der Waals surface area contributed by atoms with E-state index in [1.165, 1.54) is 0 Å². The first-order chi connectivity index (χ1) is 17.3. The largest absolute Gasteiger partial charge is 0.489 e. The number of ether oxygens (including phenoxy) is 1. The minimum atomic E-state index is -0.890. The molecule has 1 saturated heterocycles. The second-order valence-electron chi connectivity index (χ2n) is 8.97. The number of benzene rings is 2. The van der Waals surface area contributed by atoms with Crippen LogP contribution in [0.3, 0.4) is 0 Å². The van der Waals surface area contributed by atoms with Crippen LogP contribution in [-0.2, 0) is 11.4 Å². The number of likely N-dealkylation sites (tertiary alicyclic amines) is 1. The third-order valence-corrected chi connectivity index (χ3v) is 6.72. The number of para-hydroxylation sites is 1. The SMILES string of the molecule is Cc1cc(COc2ccc(C(=O)NC3(CC(=O)NO)CCN(C(=O)S)CC3)cc2)c2ccccc2n1. The van der Waals surface area contributed by atoms with Crippen LogP contribution in [0.2, 0.25) is 0 Å². The summed E-state index contributed by atoms with van der Waals surface area (Å²) >= 11 is 3.85. The van der Waals surface area contributed by atoms with Crippen molar-refractivity contribution < 1.29 is 24.3 Å². The summed E-state index contributed by atoms with van der Waals surface area (Å²) in [5.41, 5.74) is 3.99. The molecule has 0 bridgehead atoms. The fraction of sp³-hybridized carbons (Fsp3) is 0.308.